The summed E-state index contributed by atoms with van der Waals surface area (Å²) in [6, 6.07) is 8.63. The molecule has 1 aliphatic heterocycles. The first-order chi connectivity index (χ1) is 15.6. The van der Waals surface area contributed by atoms with Crippen molar-refractivity contribution in [3.8, 4) is 0 Å². The van der Waals surface area contributed by atoms with Crippen LogP contribution in [0.4, 0.5) is 15.8 Å². The number of halogens is 1. The van der Waals surface area contributed by atoms with Crippen molar-refractivity contribution in [3.05, 3.63) is 64.0 Å². The van der Waals surface area contributed by atoms with E-state index in [0.717, 1.165) is 28.6 Å². The predicted molar refractivity (Wildman–Crippen MR) is 115 cm³/mol. The number of piperidine rings is 1. The van der Waals surface area contributed by atoms with Gasteiger partial charge in [-0.25, -0.2) is 12.8 Å². The second-order valence-corrected chi connectivity index (χ2v) is 9.46. The third-order valence-corrected chi connectivity index (χ3v) is 7.17. The number of nitrogens with zero attached hydrogens (tertiary/aromatic N) is 2. The average molecular weight is 479 g/mol. The van der Waals surface area contributed by atoms with Crippen molar-refractivity contribution in [3.63, 3.8) is 0 Å². The molecule has 1 fully saturated rings. The number of esters is 1. The molecule has 1 aliphatic rings. The second kappa shape index (κ2) is 10.0. The van der Waals surface area contributed by atoms with Crippen molar-refractivity contribution >= 4 is 33.3 Å². The Morgan fingerprint density at radius 3 is 2.61 bits per heavy atom. The Balaban J connectivity index is 1.58. The molecule has 1 unspecified atom stereocenters. The maximum absolute atomic E-state index is 13.1. The molecule has 2 aromatic rings. The first-order valence-electron chi connectivity index (χ1n) is 10.1. The maximum Gasteiger partial charge on any atom is 0.310 e. The molecule has 0 bridgehead atoms. The number of sulfonamides is 1. The summed E-state index contributed by atoms with van der Waals surface area (Å²) in [5.74, 6) is -2.73. The van der Waals surface area contributed by atoms with E-state index in [0.29, 0.717) is 12.8 Å². The number of hydrogen-bond donors (Lipinski definition) is 1. The van der Waals surface area contributed by atoms with Gasteiger partial charge in [0.1, 0.15) is 5.82 Å². The van der Waals surface area contributed by atoms with Crippen LogP contribution in [-0.4, -0.2) is 49.2 Å². The molecule has 1 N–H and O–H groups in total. The van der Waals surface area contributed by atoms with E-state index in [1.165, 1.54) is 25.1 Å². The molecule has 0 aliphatic carbocycles. The lowest BCUT2D eigenvalue weighted by atomic mass is 10.00. The van der Waals surface area contributed by atoms with E-state index in [9.17, 15) is 32.5 Å². The molecule has 12 heteroatoms. The number of amides is 1. The van der Waals surface area contributed by atoms with Crippen molar-refractivity contribution in [2.75, 3.05) is 25.0 Å². The Morgan fingerprint density at radius 1 is 1.24 bits per heavy atom. The van der Waals surface area contributed by atoms with Gasteiger partial charge < -0.3 is 10.1 Å². The molecule has 0 radical (unpaired) electrons. The van der Waals surface area contributed by atoms with E-state index < -0.39 is 45.2 Å². The van der Waals surface area contributed by atoms with Crippen LogP contribution in [0.5, 0.6) is 0 Å². The van der Waals surface area contributed by atoms with Crippen LogP contribution in [0.25, 0.3) is 0 Å². The number of rotatable bonds is 7. The predicted octanol–water partition coefficient (Wildman–Crippen LogP) is 2.62. The molecule has 0 aromatic heterocycles. The highest BCUT2D eigenvalue weighted by molar-refractivity contribution is 7.89. The van der Waals surface area contributed by atoms with Crippen LogP contribution < -0.4 is 5.32 Å². The van der Waals surface area contributed by atoms with Gasteiger partial charge in [0.25, 0.3) is 11.6 Å². The number of nitrogens with one attached hydrogen (secondary N) is 1. The summed E-state index contributed by atoms with van der Waals surface area (Å²) in [6.45, 7) is 0.945. The normalized spacial score (nSPS) is 16.7. The van der Waals surface area contributed by atoms with Crippen LogP contribution in [-0.2, 0) is 24.3 Å². The highest BCUT2D eigenvalue weighted by Crippen LogP contribution is 2.26. The summed E-state index contributed by atoms with van der Waals surface area (Å²) < 4.78 is 44.9. The van der Waals surface area contributed by atoms with Gasteiger partial charge in [0.2, 0.25) is 10.0 Å². The van der Waals surface area contributed by atoms with E-state index in [-0.39, 0.29) is 34.9 Å². The monoisotopic (exact) mass is 479 g/mol. The lowest BCUT2D eigenvalue weighted by molar-refractivity contribution is -0.385. The van der Waals surface area contributed by atoms with Gasteiger partial charge >= 0.3 is 5.97 Å². The zero-order chi connectivity index (χ0) is 24.2. The lowest BCUT2D eigenvalue weighted by Gasteiger charge is -2.30. The SMILES string of the molecule is Cc1c(NC(=O)COC(=O)C2CCCN(S(=O)(=O)c3ccc(F)cc3)C2)cccc1[N+](=O)[O-]. The van der Waals surface area contributed by atoms with Crippen molar-refractivity contribution in [2.45, 2.75) is 24.7 Å². The Bertz CT molecular complexity index is 1170. The first kappa shape index (κ1) is 24.3. The molecular weight excluding hydrogens is 457 g/mol. The van der Waals surface area contributed by atoms with E-state index in [1.54, 1.807) is 0 Å². The van der Waals surface area contributed by atoms with Gasteiger partial charge in [-0.05, 0) is 50.1 Å². The fourth-order valence-electron chi connectivity index (χ4n) is 3.51. The summed E-state index contributed by atoms with van der Waals surface area (Å²) in [7, 11) is -3.91. The van der Waals surface area contributed by atoms with Crippen molar-refractivity contribution in [2.24, 2.45) is 5.92 Å². The molecule has 1 saturated heterocycles. The molecule has 1 heterocycles. The van der Waals surface area contributed by atoms with Crippen molar-refractivity contribution in [1.82, 2.24) is 4.31 Å². The van der Waals surface area contributed by atoms with Crippen LogP contribution >= 0.6 is 0 Å². The molecule has 176 valence electrons. The minimum Gasteiger partial charge on any atom is -0.455 e. The minimum absolute atomic E-state index is 0.0791. The molecule has 3 rings (SSSR count). The number of hydrogen-bond acceptors (Lipinski definition) is 7. The maximum atomic E-state index is 13.1. The molecule has 2 aromatic carbocycles. The number of carbonyl (C=O) groups is 2. The van der Waals surface area contributed by atoms with E-state index in [4.69, 9.17) is 4.74 Å². The van der Waals surface area contributed by atoms with Crippen LogP contribution in [0.1, 0.15) is 18.4 Å². The standard InChI is InChI=1S/C21H22FN3O7S/c1-14-18(5-2-6-19(14)25(28)29)23-20(26)13-32-21(27)15-4-3-11-24(12-15)33(30,31)17-9-7-16(22)8-10-17/h2,5-10,15H,3-4,11-13H2,1H3,(H,23,26). The summed E-state index contributed by atoms with van der Waals surface area (Å²) in [5.41, 5.74) is 0.324. The van der Waals surface area contributed by atoms with Gasteiger partial charge in [-0.2, -0.15) is 4.31 Å². The minimum atomic E-state index is -3.91. The Morgan fingerprint density at radius 2 is 1.94 bits per heavy atom. The number of nitro groups is 1. The van der Waals surface area contributed by atoms with Gasteiger partial charge in [-0.3, -0.25) is 19.7 Å². The average Bonchev–Trinajstić information content (AvgIpc) is 2.79. The summed E-state index contributed by atoms with van der Waals surface area (Å²) in [5, 5.41) is 13.5. The topological polar surface area (TPSA) is 136 Å². The number of carbonyl (C=O) groups excluding carboxylic acids is 2. The van der Waals surface area contributed by atoms with Gasteiger partial charge in [0, 0.05) is 19.2 Å². The van der Waals surface area contributed by atoms with Gasteiger partial charge in [0.05, 0.1) is 27.0 Å². The fraction of sp³-hybridized carbons (Fsp3) is 0.333. The molecular formula is C21H22FN3O7S. The van der Waals surface area contributed by atoms with E-state index in [2.05, 4.69) is 5.32 Å². The van der Waals surface area contributed by atoms with Gasteiger partial charge in [-0.15, -0.1) is 0 Å². The Hall–Kier alpha value is -3.38. The molecule has 10 nitrogen and oxygen atoms in total. The zero-order valence-corrected chi connectivity index (χ0v) is 18.5. The van der Waals surface area contributed by atoms with Crippen molar-refractivity contribution in [1.29, 1.82) is 0 Å². The van der Waals surface area contributed by atoms with Gasteiger partial charge in [0.15, 0.2) is 6.61 Å². The van der Waals surface area contributed by atoms with E-state index in [1.807, 2.05) is 0 Å². The number of nitro benzene ring substituents is 1. The second-order valence-electron chi connectivity index (χ2n) is 7.52. The summed E-state index contributed by atoms with van der Waals surface area (Å²) >= 11 is 0. The summed E-state index contributed by atoms with van der Waals surface area (Å²) in [4.78, 5) is 35.0. The first-order valence-corrected chi connectivity index (χ1v) is 11.5. The van der Waals surface area contributed by atoms with Crippen LogP contribution in [0.3, 0.4) is 0 Å². The quantitative estimate of drug-likeness (QED) is 0.366. The summed E-state index contributed by atoms with van der Waals surface area (Å²) in [6.07, 6.45) is 0.805. The highest BCUT2D eigenvalue weighted by Gasteiger charge is 2.34. The largest absolute Gasteiger partial charge is 0.455 e. The molecule has 33 heavy (non-hydrogen) atoms. The molecule has 1 atom stereocenters. The van der Waals surface area contributed by atoms with Crippen LogP contribution in [0, 0.1) is 28.8 Å². The third kappa shape index (κ3) is 5.71. The number of anilines is 1. The zero-order valence-electron chi connectivity index (χ0n) is 17.7. The number of benzene rings is 2. The Kier molecular flexibility index (Phi) is 7.39. The lowest BCUT2D eigenvalue weighted by Crippen LogP contribution is -2.43. The smallest absolute Gasteiger partial charge is 0.310 e. The molecule has 0 saturated carbocycles. The van der Waals surface area contributed by atoms with Crippen molar-refractivity contribution < 1.29 is 32.1 Å². The molecule has 1 amide bonds. The fourth-order valence-corrected chi connectivity index (χ4v) is 5.03. The van der Waals surface area contributed by atoms with Crippen LogP contribution in [0.2, 0.25) is 0 Å². The van der Waals surface area contributed by atoms with E-state index >= 15 is 0 Å². The highest BCUT2D eigenvalue weighted by atomic mass is 32.2. The Labute approximate surface area is 189 Å². The molecule has 0 spiro atoms. The van der Waals surface area contributed by atoms with Gasteiger partial charge in [-0.1, -0.05) is 6.07 Å². The van der Waals surface area contributed by atoms with Crippen LogP contribution in [0.15, 0.2) is 47.4 Å². The third-order valence-electron chi connectivity index (χ3n) is 5.29. The number of ether oxygens (including phenoxy) is 1.